The Balaban J connectivity index is 2.51. The Morgan fingerprint density at radius 3 is 1.47 bits per heavy atom. The van der Waals surface area contributed by atoms with Crippen molar-refractivity contribution in [1.82, 2.24) is 9.80 Å². The van der Waals surface area contributed by atoms with Crippen LogP contribution in [0, 0.1) is 5.92 Å². The van der Waals surface area contributed by atoms with E-state index in [1.807, 2.05) is 0 Å². The highest BCUT2D eigenvalue weighted by molar-refractivity contribution is 5.69. The molecule has 0 saturated heterocycles. The van der Waals surface area contributed by atoms with Crippen molar-refractivity contribution in [2.24, 2.45) is 5.92 Å². The zero-order valence-electron chi connectivity index (χ0n) is 43.9. The maximum Gasteiger partial charge on any atom is 0.305 e. The molecule has 7 nitrogen and oxygen atoms in total. The highest BCUT2D eigenvalue weighted by atomic mass is 16.5. The van der Waals surface area contributed by atoms with Crippen LogP contribution >= 0.6 is 0 Å². The summed E-state index contributed by atoms with van der Waals surface area (Å²) in [7, 11) is 0. The lowest BCUT2D eigenvalue weighted by atomic mass is 9.91. The Morgan fingerprint density at radius 1 is 0.516 bits per heavy atom. The zero-order chi connectivity index (χ0) is 46.2. The number of ether oxygens (including phenoxy) is 3. The summed E-state index contributed by atoms with van der Waals surface area (Å²) in [5.74, 6) is 0.511. The summed E-state index contributed by atoms with van der Waals surface area (Å²) >= 11 is 0. The smallest absolute Gasteiger partial charge is 0.305 e. The van der Waals surface area contributed by atoms with E-state index >= 15 is 0 Å². The lowest BCUT2D eigenvalue weighted by molar-refractivity contribution is -0.145. The minimum Gasteiger partial charge on any atom is -0.465 e. The van der Waals surface area contributed by atoms with Gasteiger partial charge in [0, 0.05) is 51.9 Å². The Bertz CT molecular complexity index is 918. The average Bonchev–Trinajstić information content (AvgIpc) is 3.28. The molecule has 382 valence electrons. The number of rotatable bonds is 53. The first-order valence-electron chi connectivity index (χ1n) is 29.0. The molecule has 1 unspecified atom stereocenters. The number of aliphatic hydroxyl groups excluding tert-OH is 1. The molecule has 1 rings (SSSR count). The first kappa shape index (κ1) is 61.3. The number of nitrogens with zero attached hydrogens (tertiary/aromatic N) is 2. The number of aliphatic hydroxyl groups is 1. The van der Waals surface area contributed by atoms with Gasteiger partial charge in [0.1, 0.15) is 0 Å². The van der Waals surface area contributed by atoms with Gasteiger partial charge in [-0.3, -0.25) is 14.6 Å². The van der Waals surface area contributed by atoms with Crippen molar-refractivity contribution < 1.29 is 24.1 Å². The van der Waals surface area contributed by atoms with Gasteiger partial charge < -0.3 is 19.3 Å². The van der Waals surface area contributed by atoms with E-state index in [0.717, 1.165) is 71.5 Å². The summed E-state index contributed by atoms with van der Waals surface area (Å²) in [6.07, 6.45) is 49.8. The van der Waals surface area contributed by atoms with E-state index in [4.69, 9.17) is 14.2 Å². The molecule has 0 aromatic heterocycles. The third kappa shape index (κ3) is 39.3. The third-order valence-electron chi connectivity index (χ3n) is 14.2. The van der Waals surface area contributed by atoms with Gasteiger partial charge in [-0.05, 0) is 63.8 Å². The van der Waals surface area contributed by atoms with Crippen molar-refractivity contribution in [3.8, 4) is 0 Å². The van der Waals surface area contributed by atoms with E-state index < -0.39 is 0 Å². The average molecular weight is 908 g/mol. The monoisotopic (exact) mass is 907 g/mol. The van der Waals surface area contributed by atoms with Crippen molar-refractivity contribution in [2.75, 3.05) is 65.8 Å². The van der Waals surface area contributed by atoms with Crippen LogP contribution in [-0.2, 0) is 19.0 Å². The van der Waals surface area contributed by atoms with Gasteiger partial charge in [-0.25, -0.2) is 0 Å². The van der Waals surface area contributed by atoms with Crippen molar-refractivity contribution in [2.45, 2.75) is 290 Å². The van der Waals surface area contributed by atoms with E-state index in [2.05, 4.69) is 37.5 Å². The minimum atomic E-state index is -0.00873. The van der Waals surface area contributed by atoms with Crippen LogP contribution in [0.3, 0.4) is 0 Å². The van der Waals surface area contributed by atoms with E-state index in [1.54, 1.807) is 0 Å². The topological polar surface area (TPSA) is 71.5 Å². The number of esters is 1. The van der Waals surface area contributed by atoms with Gasteiger partial charge in [0.25, 0.3) is 0 Å². The van der Waals surface area contributed by atoms with E-state index in [0.29, 0.717) is 38.1 Å². The number of carbonyl (C=O) groups excluding carboxylic acids is 1. The van der Waals surface area contributed by atoms with Crippen LogP contribution in [0.15, 0.2) is 0 Å². The van der Waals surface area contributed by atoms with Crippen molar-refractivity contribution in [3.05, 3.63) is 0 Å². The van der Waals surface area contributed by atoms with Crippen LogP contribution in [0.2, 0.25) is 0 Å². The first-order valence-corrected chi connectivity index (χ1v) is 29.0. The number of hydrogen-bond donors (Lipinski definition) is 1. The molecule has 1 aliphatic rings. The number of hydrogen-bond acceptors (Lipinski definition) is 7. The molecule has 0 spiro atoms. The molecule has 0 heterocycles. The van der Waals surface area contributed by atoms with Gasteiger partial charge in [-0.1, -0.05) is 220 Å². The van der Waals surface area contributed by atoms with Gasteiger partial charge in [0.05, 0.1) is 25.9 Å². The Labute approximate surface area is 400 Å². The lowest BCUT2D eigenvalue weighted by Gasteiger charge is -2.40. The van der Waals surface area contributed by atoms with E-state index in [1.165, 1.54) is 212 Å². The second-order valence-corrected chi connectivity index (χ2v) is 20.3. The maximum atomic E-state index is 12.8. The van der Waals surface area contributed by atoms with Crippen LogP contribution in [0.1, 0.15) is 278 Å². The van der Waals surface area contributed by atoms with Crippen molar-refractivity contribution >= 4 is 5.97 Å². The molecular weight excluding hydrogens is 793 g/mol. The summed E-state index contributed by atoms with van der Waals surface area (Å²) in [5.41, 5.74) is 0. The molecule has 0 aliphatic heterocycles. The molecule has 0 radical (unpaired) electrons. The molecule has 1 saturated carbocycles. The largest absolute Gasteiger partial charge is 0.465 e. The normalized spacial score (nSPS) is 13.8. The number of unbranched alkanes of at least 4 members (excludes halogenated alkanes) is 28. The van der Waals surface area contributed by atoms with E-state index in [-0.39, 0.29) is 18.7 Å². The quantitative estimate of drug-likeness (QED) is 0.0481. The fourth-order valence-electron chi connectivity index (χ4n) is 9.53. The summed E-state index contributed by atoms with van der Waals surface area (Å²) in [6, 6.07) is 0.634. The highest BCUT2D eigenvalue weighted by Gasteiger charge is 2.28. The summed E-state index contributed by atoms with van der Waals surface area (Å²) in [4.78, 5) is 18.0. The van der Waals surface area contributed by atoms with E-state index in [9.17, 15) is 9.90 Å². The van der Waals surface area contributed by atoms with Crippen LogP contribution in [0.5, 0.6) is 0 Å². The molecule has 0 aromatic rings. The predicted octanol–water partition coefficient (Wildman–Crippen LogP) is 15.8. The molecule has 1 N–H and O–H groups in total. The first-order chi connectivity index (χ1) is 31.6. The Morgan fingerprint density at radius 2 is 0.984 bits per heavy atom. The van der Waals surface area contributed by atoms with Gasteiger partial charge in [0.2, 0.25) is 0 Å². The second kappa shape index (κ2) is 48.7. The molecule has 1 atom stereocenters. The SMILES string of the molecule is CCCCCCCCCCCCCCOCC(CN(CCN(CCO)CCCCCC(=O)OCC(CCCCCCCC)CCCCCCCC)C1CCC1)OCCCCCCCC. The van der Waals surface area contributed by atoms with Crippen molar-refractivity contribution in [3.63, 3.8) is 0 Å². The maximum absolute atomic E-state index is 12.8. The molecule has 0 amide bonds. The highest BCUT2D eigenvalue weighted by Crippen LogP contribution is 2.26. The van der Waals surface area contributed by atoms with Crippen LogP contribution in [0.4, 0.5) is 0 Å². The minimum absolute atomic E-state index is 0.00873. The molecule has 64 heavy (non-hydrogen) atoms. The van der Waals surface area contributed by atoms with Gasteiger partial charge >= 0.3 is 5.97 Å². The van der Waals surface area contributed by atoms with Gasteiger partial charge in [-0.2, -0.15) is 0 Å². The molecular formula is C57H114N2O5. The molecule has 0 aromatic carbocycles. The molecule has 7 heteroatoms. The second-order valence-electron chi connectivity index (χ2n) is 20.3. The van der Waals surface area contributed by atoms with Gasteiger partial charge in [0.15, 0.2) is 0 Å². The fourth-order valence-corrected chi connectivity index (χ4v) is 9.53. The van der Waals surface area contributed by atoms with Crippen LogP contribution in [-0.4, -0.2) is 98.8 Å². The predicted molar refractivity (Wildman–Crippen MR) is 277 cm³/mol. The Kier molecular flexibility index (Phi) is 46.7. The summed E-state index contributed by atoms with van der Waals surface area (Å²) < 4.78 is 18.9. The van der Waals surface area contributed by atoms with Crippen LogP contribution < -0.4 is 0 Å². The summed E-state index contributed by atoms with van der Waals surface area (Å²) in [6.45, 7) is 16.9. The fraction of sp³-hybridized carbons (Fsp3) is 0.982. The summed E-state index contributed by atoms with van der Waals surface area (Å²) in [5, 5.41) is 9.99. The third-order valence-corrected chi connectivity index (χ3v) is 14.2. The van der Waals surface area contributed by atoms with Gasteiger partial charge in [-0.15, -0.1) is 0 Å². The van der Waals surface area contributed by atoms with Crippen LogP contribution in [0.25, 0.3) is 0 Å². The van der Waals surface area contributed by atoms with Crippen molar-refractivity contribution in [1.29, 1.82) is 0 Å². The lowest BCUT2D eigenvalue weighted by Crippen LogP contribution is -2.49. The zero-order valence-corrected chi connectivity index (χ0v) is 43.9. The molecule has 0 bridgehead atoms. The number of carbonyl (C=O) groups is 1. The Hall–Kier alpha value is -0.730. The molecule has 1 aliphatic carbocycles. The molecule has 1 fully saturated rings. The standard InChI is InChI=1S/C57H114N2O5/c1-5-9-13-17-21-22-23-24-25-26-29-36-49-62-53-56(63-50-37-30-20-16-12-8-4)51-59(55-41-38-42-55)46-45-58(47-48-60)44-35-31-34-43-57(61)64-52-54(39-32-27-18-14-10-6-2)40-33-28-19-15-11-7-3/h54-56,60H,5-53H2,1-4H3.